The fourth-order valence-corrected chi connectivity index (χ4v) is 4.18. The van der Waals surface area contributed by atoms with Gasteiger partial charge in [0, 0.05) is 12.3 Å². The second-order valence-corrected chi connectivity index (χ2v) is 10.7. The number of hydrogen-bond donors (Lipinski definition) is 1. The van der Waals surface area contributed by atoms with Crippen molar-refractivity contribution in [2.24, 2.45) is 17.8 Å². The molecular weight excluding hydrogens is 576 g/mol. The van der Waals surface area contributed by atoms with Crippen LogP contribution in [0.4, 0.5) is 0 Å². The number of hydrogen-bond acceptors (Lipinski definition) is 12. The lowest BCUT2D eigenvalue weighted by molar-refractivity contribution is -0.176. The van der Waals surface area contributed by atoms with E-state index in [9.17, 15) is 24.0 Å². The Kier molecular flexibility index (Phi) is 12.1. The van der Waals surface area contributed by atoms with Gasteiger partial charge in [-0.15, -0.1) is 0 Å². The first-order chi connectivity index (χ1) is 20.9. The third-order valence-corrected chi connectivity index (χ3v) is 6.65. The van der Waals surface area contributed by atoms with Gasteiger partial charge in [-0.25, -0.2) is 9.78 Å². The number of nitrogens with zero attached hydrogens (tertiary/aromatic N) is 1. The largest absolute Gasteiger partial charge is 0.493 e. The van der Waals surface area contributed by atoms with Gasteiger partial charge in [0.05, 0.1) is 18.9 Å². The van der Waals surface area contributed by atoms with Crippen molar-refractivity contribution in [3.8, 4) is 11.5 Å². The van der Waals surface area contributed by atoms with E-state index in [-0.39, 0.29) is 23.6 Å². The SMILES string of the molecule is COc1ccnc(C(=O)N[C@H]2COC(=O)[C@H](Cc3ccccc3)C(OC(=O)C(C)C)[C@H](C)OC2=O)c1OCOC(=O)C(C)C. The number of cyclic esters (lactones) is 2. The van der Waals surface area contributed by atoms with Crippen molar-refractivity contribution in [3.05, 3.63) is 53.9 Å². The summed E-state index contributed by atoms with van der Waals surface area (Å²) in [5.74, 6) is -5.61. The summed E-state index contributed by atoms with van der Waals surface area (Å²) in [5, 5.41) is 2.46. The van der Waals surface area contributed by atoms with Crippen LogP contribution in [0.3, 0.4) is 0 Å². The zero-order chi connectivity index (χ0) is 32.4. The van der Waals surface area contributed by atoms with Gasteiger partial charge >= 0.3 is 23.9 Å². The smallest absolute Gasteiger partial charge is 0.332 e. The molecule has 1 unspecified atom stereocenters. The predicted molar refractivity (Wildman–Crippen MR) is 153 cm³/mol. The Balaban J connectivity index is 1.85. The minimum atomic E-state index is -1.45. The molecular formula is C31H38N2O11. The van der Waals surface area contributed by atoms with E-state index in [4.69, 9.17) is 28.4 Å². The number of aromatic nitrogens is 1. The summed E-state index contributed by atoms with van der Waals surface area (Å²) < 4.78 is 32.6. The second kappa shape index (κ2) is 15.7. The lowest BCUT2D eigenvalue weighted by Gasteiger charge is -2.29. The minimum absolute atomic E-state index is 0.112. The summed E-state index contributed by atoms with van der Waals surface area (Å²) >= 11 is 0. The van der Waals surface area contributed by atoms with Crippen LogP contribution >= 0.6 is 0 Å². The highest BCUT2D eigenvalue weighted by Gasteiger charge is 2.42. The first kappa shape index (κ1) is 33.8. The number of nitrogens with one attached hydrogen (secondary N) is 1. The van der Waals surface area contributed by atoms with Crippen molar-refractivity contribution in [2.75, 3.05) is 20.5 Å². The van der Waals surface area contributed by atoms with Crippen LogP contribution in [-0.4, -0.2) is 73.5 Å². The van der Waals surface area contributed by atoms with Crippen LogP contribution in [-0.2, 0) is 44.5 Å². The van der Waals surface area contributed by atoms with Crippen molar-refractivity contribution in [3.63, 3.8) is 0 Å². The van der Waals surface area contributed by atoms with Crippen LogP contribution in [0.25, 0.3) is 0 Å². The number of rotatable bonds is 11. The monoisotopic (exact) mass is 614 g/mol. The first-order valence-corrected chi connectivity index (χ1v) is 14.2. The standard InChI is InChI=1S/C31H38N2O11/c1-17(2)28(35)42-16-41-26-23(39-6)12-13-32-24(26)27(34)33-22-15-40-30(37)21(14-20-10-8-7-9-11-20)25(19(5)43-31(22)38)44-29(36)18(3)4/h7-13,17-19,21-22,25H,14-16H2,1-6H3,(H,33,34)/t19-,21+,22-,25?/m0/s1. The van der Waals surface area contributed by atoms with E-state index in [2.05, 4.69) is 10.3 Å². The number of carbonyl (C=O) groups is 5. The molecule has 1 N–H and O–H groups in total. The Hall–Kier alpha value is -4.68. The Bertz CT molecular complexity index is 1330. The molecule has 4 atom stereocenters. The van der Waals surface area contributed by atoms with E-state index in [1.54, 1.807) is 39.8 Å². The molecule has 2 heterocycles. The molecule has 238 valence electrons. The number of ether oxygens (including phenoxy) is 6. The first-order valence-electron chi connectivity index (χ1n) is 14.2. The maximum atomic E-state index is 13.4. The van der Waals surface area contributed by atoms with Gasteiger partial charge in [0.15, 0.2) is 29.3 Å². The van der Waals surface area contributed by atoms with Gasteiger partial charge in [-0.3, -0.25) is 19.2 Å². The van der Waals surface area contributed by atoms with E-state index >= 15 is 0 Å². The Morgan fingerprint density at radius 1 is 1.00 bits per heavy atom. The molecule has 3 rings (SSSR count). The van der Waals surface area contributed by atoms with Gasteiger partial charge in [0.1, 0.15) is 18.6 Å². The number of esters is 4. The van der Waals surface area contributed by atoms with Gasteiger partial charge < -0.3 is 33.7 Å². The third kappa shape index (κ3) is 8.91. The zero-order valence-electron chi connectivity index (χ0n) is 25.6. The fourth-order valence-electron chi connectivity index (χ4n) is 4.18. The Morgan fingerprint density at radius 3 is 2.32 bits per heavy atom. The number of benzene rings is 1. The summed E-state index contributed by atoms with van der Waals surface area (Å²) in [6, 6.07) is 9.03. The summed E-state index contributed by atoms with van der Waals surface area (Å²) in [6.45, 7) is 6.98. The zero-order valence-corrected chi connectivity index (χ0v) is 25.6. The average Bonchev–Trinajstić information content (AvgIpc) is 3.03. The molecule has 1 aliphatic heterocycles. The molecule has 1 aromatic heterocycles. The molecule has 0 saturated carbocycles. The molecule has 1 aromatic carbocycles. The molecule has 0 aliphatic carbocycles. The van der Waals surface area contributed by atoms with Crippen LogP contribution < -0.4 is 14.8 Å². The number of pyridine rings is 1. The van der Waals surface area contributed by atoms with Gasteiger partial charge in [0.2, 0.25) is 6.79 Å². The van der Waals surface area contributed by atoms with Gasteiger partial charge in [-0.05, 0) is 18.9 Å². The normalized spacial score (nSPS) is 20.4. The molecule has 1 fully saturated rings. The fraction of sp³-hybridized carbons (Fsp3) is 0.484. The minimum Gasteiger partial charge on any atom is -0.493 e. The van der Waals surface area contributed by atoms with Crippen LogP contribution in [0.5, 0.6) is 11.5 Å². The topological polar surface area (TPSA) is 166 Å². The summed E-state index contributed by atoms with van der Waals surface area (Å²) in [5.41, 5.74) is 0.487. The molecule has 1 amide bonds. The molecule has 0 radical (unpaired) electrons. The lowest BCUT2D eigenvalue weighted by Crippen LogP contribution is -2.47. The molecule has 13 nitrogen and oxygen atoms in total. The van der Waals surface area contributed by atoms with E-state index in [1.165, 1.54) is 26.3 Å². The van der Waals surface area contributed by atoms with Crippen molar-refractivity contribution in [1.82, 2.24) is 10.3 Å². The van der Waals surface area contributed by atoms with E-state index in [0.717, 1.165) is 5.56 Å². The Labute approximate surface area is 255 Å². The quantitative estimate of drug-likeness (QED) is 0.224. The van der Waals surface area contributed by atoms with E-state index in [1.807, 2.05) is 18.2 Å². The van der Waals surface area contributed by atoms with Gasteiger partial charge in [-0.2, -0.15) is 0 Å². The summed E-state index contributed by atoms with van der Waals surface area (Å²) in [6.07, 6.45) is -0.811. The molecule has 1 saturated heterocycles. The number of carbonyl (C=O) groups excluding carboxylic acids is 5. The average molecular weight is 615 g/mol. The van der Waals surface area contributed by atoms with Crippen LogP contribution in [0.2, 0.25) is 0 Å². The van der Waals surface area contributed by atoms with Crippen molar-refractivity contribution < 1.29 is 52.4 Å². The summed E-state index contributed by atoms with van der Waals surface area (Å²) in [7, 11) is 1.34. The Morgan fingerprint density at radius 2 is 1.68 bits per heavy atom. The van der Waals surface area contributed by atoms with Gasteiger partial charge in [-0.1, -0.05) is 58.0 Å². The molecule has 2 aromatic rings. The van der Waals surface area contributed by atoms with Crippen molar-refractivity contribution in [1.29, 1.82) is 0 Å². The van der Waals surface area contributed by atoms with Crippen LogP contribution in [0, 0.1) is 17.8 Å². The highest BCUT2D eigenvalue weighted by Crippen LogP contribution is 2.30. The molecule has 0 spiro atoms. The molecule has 0 bridgehead atoms. The van der Waals surface area contributed by atoms with E-state index in [0.29, 0.717) is 0 Å². The molecule has 13 heteroatoms. The third-order valence-electron chi connectivity index (χ3n) is 6.65. The highest BCUT2D eigenvalue weighted by atomic mass is 16.7. The maximum Gasteiger partial charge on any atom is 0.332 e. The second-order valence-electron chi connectivity index (χ2n) is 10.7. The van der Waals surface area contributed by atoms with Crippen LogP contribution in [0.1, 0.15) is 50.7 Å². The predicted octanol–water partition coefficient (Wildman–Crippen LogP) is 2.64. The lowest BCUT2D eigenvalue weighted by atomic mass is 9.91. The molecule has 1 aliphatic rings. The summed E-state index contributed by atoms with van der Waals surface area (Å²) in [4.78, 5) is 68.5. The maximum absolute atomic E-state index is 13.4. The molecule has 44 heavy (non-hydrogen) atoms. The highest BCUT2D eigenvalue weighted by molar-refractivity contribution is 5.98. The van der Waals surface area contributed by atoms with Crippen molar-refractivity contribution >= 4 is 29.8 Å². The van der Waals surface area contributed by atoms with E-state index < -0.39 is 79.2 Å². The number of amides is 1. The van der Waals surface area contributed by atoms with Crippen LogP contribution in [0.15, 0.2) is 42.6 Å². The number of methoxy groups -OCH3 is 1. The van der Waals surface area contributed by atoms with Crippen molar-refractivity contribution in [2.45, 2.75) is 59.3 Å². The van der Waals surface area contributed by atoms with Gasteiger partial charge in [0.25, 0.3) is 5.91 Å².